The van der Waals surface area contributed by atoms with Crippen LogP contribution in [0.15, 0.2) is 41.1 Å². The topological polar surface area (TPSA) is 208 Å². The molecule has 2 aliphatic heterocycles. The number of rotatable bonds is 12. The van der Waals surface area contributed by atoms with Gasteiger partial charge in [0.2, 0.25) is 17.9 Å². The molecule has 6 N–H and O–H groups in total. The Balaban J connectivity index is 1.35. The van der Waals surface area contributed by atoms with Crippen LogP contribution in [0.1, 0.15) is 25.6 Å². The summed E-state index contributed by atoms with van der Waals surface area (Å²) >= 11 is 2.26. The van der Waals surface area contributed by atoms with Gasteiger partial charge in [-0.2, -0.15) is 9.36 Å². The fourth-order valence-corrected chi connectivity index (χ4v) is 6.45. The molecule has 0 spiro atoms. The number of carboxylic acid groups (broad SMARTS) is 1. The summed E-state index contributed by atoms with van der Waals surface area (Å²) in [4.78, 5) is 53.4. The number of anilines is 1. The predicted octanol–water partition coefficient (Wildman–Crippen LogP) is -0.324. The number of nitrogens with one attached hydrogen (secondary N) is 1. The number of carboxylic acids is 1. The Hall–Kier alpha value is -4.09. The number of unbranched alkanes of at least 4 members (excludes halogenated alkanes) is 1. The molecule has 0 aromatic carbocycles. The molecule has 2 unspecified atom stereocenters. The van der Waals surface area contributed by atoms with E-state index < -0.39 is 29.2 Å². The third-order valence-corrected chi connectivity index (χ3v) is 8.44. The van der Waals surface area contributed by atoms with Gasteiger partial charge in [0.05, 0.1) is 6.20 Å². The summed E-state index contributed by atoms with van der Waals surface area (Å²) in [6, 6.07) is 2.88. The molecule has 2 aliphatic rings. The van der Waals surface area contributed by atoms with Crippen molar-refractivity contribution in [2.75, 3.05) is 24.6 Å². The van der Waals surface area contributed by atoms with Crippen molar-refractivity contribution in [1.82, 2.24) is 29.1 Å². The van der Waals surface area contributed by atoms with Crippen molar-refractivity contribution in [2.45, 2.75) is 44.3 Å². The van der Waals surface area contributed by atoms with Gasteiger partial charge >= 0.3 is 11.6 Å². The molecule has 5 heterocycles. The minimum atomic E-state index is -1.22. The fourth-order valence-electron chi connectivity index (χ4n) is 4.68. The number of fused-ring (bicyclic) bond motifs is 2. The average molecular weight is 602 g/mol. The lowest BCUT2D eigenvalue weighted by atomic mass is 10.0. The van der Waals surface area contributed by atoms with Gasteiger partial charge in [0.25, 0.3) is 11.8 Å². The number of nitrogens with zero attached hydrogens (tertiary/aromatic N) is 7. The normalized spacial score (nSPS) is 18.8. The Morgan fingerprint density at radius 1 is 1.37 bits per heavy atom. The molecule has 5 rings (SSSR count). The van der Waals surface area contributed by atoms with Crippen LogP contribution in [-0.4, -0.2) is 82.7 Å². The summed E-state index contributed by atoms with van der Waals surface area (Å²) in [6.07, 6.45) is 5.43. The van der Waals surface area contributed by atoms with Crippen LogP contribution in [0.2, 0.25) is 0 Å². The van der Waals surface area contributed by atoms with Gasteiger partial charge < -0.3 is 31.3 Å². The highest BCUT2D eigenvalue weighted by molar-refractivity contribution is 8.00. The molecule has 2 atom stereocenters. The molecule has 17 heteroatoms. The molecule has 2 amide bonds. The number of carbonyl (C=O) groups excluding carboxylic acids is 2. The van der Waals surface area contributed by atoms with Crippen molar-refractivity contribution in [2.24, 2.45) is 10.9 Å². The van der Waals surface area contributed by atoms with Crippen LogP contribution < -0.4 is 21.4 Å². The molecule has 1 fully saturated rings. The van der Waals surface area contributed by atoms with Gasteiger partial charge in [0.15, 0.2) is 5.13 Å². The first-order chi connectivity index (χ1) is 19.8. The highest BCUT2D eigenvalue weighted by Gasteiger charge is 2.54. The first-order valence-corrected chi connectivity index (χ1v) is 14.7. The maximum atomic E-state index is 13.2. The molecular formula is C24H29N10O5S2+. The zero-order valence-electron chi connectivity index (χ0n) is 22.1. The average Bonchev–Trinajstić information content (AvgIpc) is 3.58. The van der Waals surface area contributed by atoms with Crippen LogP contribution in [-0.2, 0) is 32.3 Å². The largest absolute Gasteiger partial charge is 0.477 e. The van der Waals surface area contributed by atoms with Crippen LogP contribution in [0.25, 0.3) is 11.2 Å². The highest BCUT2D eigenvalue weighted by Crippen LogP contribution is 2.40. The van der Waals surface area contributed by atoms with E-state index in [9.17, 15) is 19.5 Å². The Kier molecular flexibility index (Phi) is 8.46. The Morgan fingerprint density at radius 2 is 2.20 bits per heavy atom. The quantitative estimate of drug-likeness (QED) is 0.0695. The van der Waals surface area contributed by atoms with Gasteiger partial charge in [-0.05, 0) is 43.4 Å². The van der Waals surface area contributed by atoms with Crippen molar-refractivity contribution >= 4 is 63.1 Å². The number of aryl methyl sites for hydroxylation is 1. The molecule has 0 aliphatic carbocycles. The number of nitrogen functional groups attached to an aromatic ring is 1. The van der Waals surface area contributed by atoms with Crippen LogP contribution in [0.5, 0.6) is 0 Å². The standard InChI is InChI=1S/C24H28N10O5S2/c1-2-39-30-15(18-29-24(26)41-31-18)20(35)28-16-21(36)34-17(23(37)38)13(11-40-22(16)34)10-32-9-5-6-14-19(32)27-12-33(14)8-4-3-7-25/h5-6,9,12,16,22H,2-4,7-8,10-11,25H2,1H3,(H3-,26,28,29,31,35,37,38)/p+1/b30-15-. The lowest BCUT2D eigenvalue weighted by molar-refractivity contribution is -0.664. The second-order valence-corrected chi connectivity index (χ2v) is 11.1. The van der Waals surface area contributed by atoms with Crippen molar-refractivity contribution in [3.8, 4) is 0 Å². The number of β-lactam (4-membered cyclic amide) rings is 1. The summed E-state index contributed by atoms with van der Waals surface area (Å²) in [7, 11) is 0. The number of aliphatic carboxylic acids is 1. The number of imidazole rings is 1. The maximum absolute atomic E-state index is 13.2. The molecule has 15 nitrogen and oxygen atoms in total. The number of oxime groups is 1. The minimum Gasteiger partial charge on any atom is -0.477 e. The van der Waals surface area contributed by atoms with Gasteiger partial charge in [-0.3, -0.25) is 14.5 Å². The lowest BCUT2D eigenvalue weighted by Crippen LogP contribution is -2.71. The number of hydrogen-bond donors (Lipinski definition) is 4. The number of nitrogens with two attached hydrogens (primary N) is 2. The molecule has 0 saturated carbocycles. The second kappa shape index (κ2) is 12.2. The van der Waals surface area contributed by atoms with E-state index in [1.165, 1.54) is 16.7 Å². The van der Waals surface area contributed by atoms with Crippen LogP contribution in [0.4, 0.5) is 5.13 Å². The van der Waals surface area contributed by atoms with Crippen molar-refractivity contribution in [1.29, 1.82) is 0 Å². The summed E-state index contributed by atoms with van der Waals surface area (Å²) in [6.45, 7) is 3.52. The Morgan fingerprint density at radius 3 is 2.90 bits per heavy atom. The number of hydrogen-bond acceptors (Lipinski definition) is 12. The zero-order valence-corrected chi connectivity index (χ0v) is 23.7. The van der Waals surface area contributed by atoms with Crippen LogP contribution in [0.3, 0.4) is 0 Å². The molecule has 0 radical (unpaired) electrons. The Labute approximate surface area is 242 Å². The SMILES string of the molecule is CCO/N=C(\C(=O)NC1C(=O)N2C(C(=O)O)=C(C[n+]3cccc4c3ncn4CCCCN)CSC12)c1nsc(N)n1. The number of carbonyl (C=O) groups is 3. The number of amides is 2. The van der Waals surface area contributed by atoms with Crippen LogP contribution >= 0.6 is 23.3 Å². The summed E-state index contributed by atoms with van der Waals surface area (Å²) < 4.78 is 7.92. The zero-order chi connectivity index (χ0) is 29.1. The third-order valence-electron chi connectivity index (χ3n) is 6.55. The van der Waals surface area contributed by atoms with Gasteiger partial charge in [-0.15, -0.1) is 11.8 Å². The van der Waals surface area contributed by atoms with E-state index in [0.29, 0.717) is 23.5 Å². The molecule has 3 aromatic heterocycles. The molecular weight excluding hydrogens is 572 g/mol. The van der Waals surface area contributed by atoms with E-state index >= 15 is 0 Å². The number of pyridine rings is 1. The van der Waals surface area contributed by atoms with Crippen molar-refractivity contribution in [3.05, 3.63) is 41.8 Å². The number of thioether (sulfide) groups is 1. The summed E-state index contributed by atoms with van der Waals surface area (Å²) in [5.74, 6) is -2.18. The van der Waals surface area contributed by atoms with Crippen molar-refractivity contribution < 1.29 is 28.9 Å². The predicted molar refractivity (Wildman–Crippen MR) is 150 cm³/mol. The molecule has 3 aromatic rings. The fraction of sp³-hybridized carbons (Fsp3) is 0.417. The third kappa shape index (κ3) is 5.59. The number of aromatic nitrogens is 5. The van der Waals surface area contributed by atoms with Crippen molar-refractivity contribution in [3.63, 3.8) is 0 Å². The lowest BCUT2D eigenvalue weighted by Gasteiger charge is -2.49. The van der Waals surface area contributed by atoms with Gasteiger partial charge in [0, 0.05) is 29.4 Å². The van der Waals surface area contributed by atoms with E-state index in [4.69, 9.17) is 16.3 Å². The summed E-state index contributed by atoms with van der Waals surface area (Å²) in [5.41, 5.74) is 13.1. The van der Waals surface area contributed by atoms with Gasteiger partial charge in [-0.25, -0.2) is 9.36 Å². The van der Waals surface area contributed by atoms with E-state index in [0.717, 1.165) is 36.4 Å². The second-order valence-electron chi connectivity index (χ2n) is 9.21. The molecule has 216 valence electrons. The Bertz CT molecular complexity index is 1550. The van der Waals surface area contributed by atoms with E-state index in [2.05, 4.69) is 24.8 Å². The van der Waals surface area contributed by atoms with Gasteiger partial charge in [-0.1, -0.05) is 5.16 Å². The van der Waals surface area contributed by atoms with E-state index in [1.807, 2.05) is 27.5 Å². The minimum absolute atomic E-state index is 0.0280. The summed E-state index contributed by atoms with van der Waals surface area (Å²) in [5, 5.41) is 16.1. The maximum Gasteiger partial charge on any atom is 0.352 e. The monoisotopic (exact) mass is 601 g/mol. The van der Waals surface area contributed by atoms with E-state index in [1.54, 1.807) is 13.3 Å². The van der Waals surface area contributed by atoms with E-state index in [-0.39, 0.29) is 35.5 Å². The van der Waals surface area contributed by atoms with Crippen LogP contribution in [0, 0.1) is 0 Å². The smallest absolute Gasteiger partial charge is 0.352 e. The molecule has 41 heavy (non-hydrogen) atoms. The highest BCUT2D eigenvalue weighted by atomic mass is 32.2. The molecule has 1 saturated heterocycles. The molecule has 0 bridgehead atoms. The first-order valence-electron chi connectivity index (χ1n) is 12.9. The van der Waals surface area contributed by atoms with Gasteiger partial charge in [0.1, 0.15) is 35.8 Å². The first kappa shape index (κ1) is 28.4.